The molecule has 21 heavy (non-hydrogen) atoms. The van der Waals surface area contributed by atoms with E-state index in [2.05, 4.69) is 10.3 Å². The Morgan fingerprint density at radius 1 is 1.43 bits per heavy atom. The Morgan fingerprint density at radius 2 is 2.24 bits per heavy atom. The number of hydrogen-bond acceptors (Lipinski definition) is 5. The average molecular weight is 293 g/mol. The van der Waals surface area contributed by atoms with Crippen LogP contribution in [0.1, 0.15) is 39.0 Å². The van der Waals surface area contributed by atoms with Crippen molar-refractivity contribution in [1.29, 1.82) is 0 Å². The molecule has 0 unspecified atom stereocenters. The zero-order chi connectivity index (χ0) is 15.5. The first kappa shape index (κ1) is 17.1. The maximum Gasteiger partial charge on any atom is 0.334 e. The summed E-state index contributed by atoms with van der Waals surface area (Å²) in [6.45, 7) is 2.48. The van der Waals surface area contributed by atoms with E-state index in [1.807, 2.05) is 6.92 Å². The third kappa shape index (κ3) is 6.85. The smallest absolute Gasteiger partial charge is 0.334 e. The monoisotopic (exact) mass is 293 g/mol. The molecule has 0 saturated carbocycles. The molecule has 1 heterocycles. The van der Waals surface area contributed by atoms with Gasteiger partial charge in [0.15, 0.2) is 0 Å². The van der Waals surface area contributed by atoms with Gasteiger partial charge in [-0.2, -0.15) is 0 Å². The Bertz CT molecular complexity index is 437. The van der Waals surface area contributed by atoms with Crippen LogP contribution in [0.4, 0.5) is 0 Å². The first-order chi connectivity index (χ1) is 10.2. The normalized spacial score (nSPS) is 11.7. The van der Waals surface area contributed by atoms with Gasteiger partial charge in [-0.15, -0.1) is 0 Å². The van der Waals surface area contributed by atoms with Gasteiger partial charge in [-0.3, -0.25) is 9.78 Å². The number of aromatic nitrogens is 1. The molecule has 0 aliphatic heterocycles. The number of unbranched alkanes of at least 4 members (excludes halogenated alkanes) is 1. The third-order valence-electron chi connectivity index (χ3n) is 2.90. The van der Waals surface area contributed by atoms with Gasteiger partial charge >= 0.3 is 5.97 Å². The highest BCUT2D eigenvalue weighted by Gasteiger charge is 2.22. The lowest BCUT2D eigenvalue weighted by Gasteiger charge is -2.17. The van der Waals surface area contributed by atoms with Crippen molar-refractivity contribution in [3.63, 3.8) is 0 Å². The molecule has 1 rings (SSSR count). The lowest BCUT2D eigenvalue weighted by molar-refractivity contribution is -0.139. The molecule has 1 aromatic rings. The first-order valence-corrected chi connectivity index (χ1v) is 7.28. The van der Waals surface area contributed by atoms with Crippen molar-refractivity contribution in [3.8, 4) is 5.75 Å². The minimum absolute atomic E-state index is 0.140. The number of nitrogens with zero attached hydrogens (tertiary/aromatic N) is 1. The fourth-order valence-electron chi connectivity index (χ4n) is 1.83. The minimum Gasteiger partial charge on any atom is -0.423 e. The number of hydrogen-bond donors (Lipinski definition) is 2. The summed E-state index contributed by atoms with van der Waals surface area (Å²) < 4.78 is 5.24. The second-order valence-electron chi connectivity index (χ2n) is 4.76. The van der Waals surface area contributed by atoms with Crippen molar-refractivity contribution in [1.82, 2.24) is 10.3 Å². The number of pyridine rings is 1. The van der Waals surface area contributed by atoms with Gasteiger partial charge in [-0.25, -0.2) is 4.79 Å². The number of esters is 1. The molecule has 1 atom stereocenters. The van der Waals surface area contributed by atoms with Gasteiger partial charge in [0.1, 0.15) is 11.8 Å². The summed E-state index contributed by atoms with van der Waals surface area (Å²) in [6.07, 6.45) is 6.27. The van der Waals surface area contributed by atoms with E-state index < -0.39 is 12.0 Å². The van der Waals surface area contributed by atoms with Gasteiger partial charge in [0, 0.05) is 12.6 Å². The molecule has 116 valence electrons. The number of nitrogens with two attached hydrogens (primary N) is 1. The zero-order valence-electron chi connectivity index (χ0n) is 12.4. The van der Waals surface area contributed by atoms with Crippen LogP contribution in [0.25, 0.3) is 0 Å². The second kappa shape index (κ2) is 9.88. The van der Waals surface area contributed by atoms with Crippen LogP contribution < -0.4 is 15.8 Å². The van der Waals surface area contributed by atoms with E-state index in [-0.39, 0.29) is 5.91 Å². The largest absolute Gasteiger partial charge is 0.423 e. The van der Waals surface area contributed by atoms with Crippen molar-refractivity contribution >= 4 is 11.9 Å². The third-order valence-corrected chi connectivity index (χ3v) is 2.90. The van der Waals surface area contributed by atoms with Gasteiger partial charge < -0.3 is 15.8 Å². The van der Waals surface area contributed by atoms with Crippen molar-refractivity contribution in [2.45, 2.75) is 45.1 Å². The van der Waals surface area contributed by atoms with Crippen molar-refractivity contribution in [2.24, 2.45) is 5.73 Å². The van der Waals surface area contributed by atoms with E-state index in [4.69, 9.17) is 10.5 Å². The lowest BCUT2D eigenvalue weighted by atomic mass is 10.1. The number of ether oxygens (including phenoxy) is 1. The first-order valence-electron chi connectivity index (χ1n) is 7.28. The SMILES string of the molecule is CCCC(=O)N[C@@H](CCCCN)C(=O)Oc1cccnc1. The number of carbonyl (C=O) groups excluding carboxylic acids is 2. The van der Waals surface area contributed by atoms with Crippen LogP contribution >= 0.6 is 0 Å². The molecular formula is C15H23N3O3. The lowest BCUT2D eigenvalue weighted by Crippen LogP contribution is -2.43. The van der Waals surface area contributed by atoms with Crippen LogP contribution in [0.15, 0.2) is 24.5 Å². The Balaban J connectivity index is 2.60. The molecular weight excluding hydrogens is 270 g/mol. The van der Waals surface area contributed by atoms with E-state index >= 15 is 0 Å². The molecule has 0 fully saturated rings. The summed E-state index contributed by atoms with van der Waals surface area (Å²) in [7, 11) is 0. The Hall–Kier alpha value is -1.95. The van der Waals surface area contributed by atoms with Crippen LogP contribution in [0, 0.1) is 0 Å². The quantitative estimate of drug-likeness (QED) is 0.530. The highest BCUT2D eigenvalue weighted by atomic mass is 16.5. The molecule has 3 N–H and O–H groups in total. The molecule has 0 saturated heterocycles. The molecule has 1 aromatic heterocycles. The van der Waals surface area contributed by atoms with Gasteiger partial charge in [-0.1, -0.05) is 6.92 Å². The Kier molecular flexibility index (Phi) is 8.04. The summed E-state index contributed by atoms with van der Waals surface area (Å²) >= 11 is 0. The summed E-state index contributed by atoms with van der Waals surface area (Å²) in [4.78, 5) is 27.7. The summed E-state index contributed by atoms with van der Waals surface area (Å²) in [6, 6.07) is 2.69. The zero-order valence-corrected chi connectivity index (χ0v) is 12.4. The van der Waals surface area contributed by atoms with Crippen LogP contribution in [0.5, 0.6) is 5.75 Å². The van der Waals surface area contributed by atoms with Crippen LogP contribution in [0.2, 0.25) is 0 Å². The molecule has 0 aliphatic carbocycles. The highest BCUT2D eigenvalue weighted by Crippen LogP contribution is 2.10. The molecule has 0 bridgehead atoms. The van der Waals surface area contributed by atoms with Crippen LogP contribution in [-0.4, -0.2) is 29.4 Å². The summed E-state index contributed by atoms with van der Waals surface area (Å²) in [5, 5.41) is 2.72. The van der Waals surface area contributed by atoms with Gasteiger partial charge in [-0.05, 0) is 44.4 Å². The van der Waals surface area contributed by atoms with E-state index in [9.17, 15) is 9.59 Å². The van der Waals surface area contributed by atoms with Crippen LogP contribution in [0.3, 0.4) is 0 Å². The van der Waals surface area contributed by atoms with Crippen molar-refractivity contribution < 1.29 is 14.3 Å². The Morgan fingerprint density at radius 3 is 2.86 bits per heavy atom. The van der Waals surface area contributed by atoms with Crippen molar-refractivity contribution in [2.75, 3.05) is 6.54 Å². The molecule has 6 nitrogen and oxygen atoms in total. The topological polar surface area (TPSA) is 94.3 Å². The maximum atomic E-state index is 12.2. The number of rotatable bonds is 9. The number of carbonyl (C=O) groups is 2. The summed E-state index contributed by atoms with van der Waals surface area (Å²) in [5.74, 6) is -0.237. The standard InChI is InChI=1S/C15H23N3O3/c1-2-6-14(19)18-13(8-3-4-9-16)15(20)21-12-7-5-10-17-11-12/h5,7,10-11,13H,2-4,6,8-9,16H2,1H3,(H,18,19)/t13-/m0/s1. The Labute approximate surface area is 125 Å². The van der Waals surface area contributed by atoms with Gasteiger partial charge in [0.05, 0.1) is 6.20 Å². The second-order valence-corrected chi connectivity index (χ2v) is 4.76. The highest BCUT2D eigenvalue weighted by molar-refractivity contribution is 5.85. The predicted octanol–water partition coefficient (Wildman–Crippen LogP) is 1.40. The average Bonchev–Trinajstić information content (AvgIpc) is 2.47. The minimum atomic E-state index is -0.643. The van der Waals surface area contributed by atoms with E-state index in [0.717, 1.165) is 19.3 Å². The molecule has 1 amide bonds. The molecule has 6 heteroatoms. The van der Waals surface area contributed by atoms with E-state index in [0.29, 0.717) is 25.1 Å². The molecule has 0 aliphatic rings. The van der Waals surface area contributed by atoms with E-state index in [1.54, 1.807) is 18.3 Å². The predicted molar refractivity (Wildman–Crippen MR) is 79.6 cm³/mol. The van der Waals surface area contributed by atoms with Crippen molar-refractivity contribution in [3.05, 3.63) is 24.5 Å². The molecule has 0 aromatic carbocycles. The van der Waals surface area contributed by atoms with E-state index in [1.165, 1.54) is 6.20 Å². The maximum absolute atomic E-state index is 12.2. The number of nitrogens with one attached hydrogen (secondary N) is 1. The fraction of sp³-hybridized carbons (Fsp3) is 0.533. The number of amides is 1. The van der Waals surface area contributed by atoms with Gasteiger partial charge in [0.25, 0.3) is 0 Å². The summed E-state index contributed by atoms with van der Waals surface area (Å²) in [5.41, 5.74) is 5.45. The fourth-order valence-corrected chi connectivity index (χ4v) is 1.83. The molecule has 0 radical (unpaired) electrons. The molecule has 0 spiro atoms. The van der Waals surface area contributed by atoms with Gasteiger partial charge in [0.2, 0.25) is 5.91 Å². The van der Waals surface area contributed by atoms with Crippen LogP contribution in [-0.2, 0) is 9.59 Å².